The van der Waals surface area contributed by atoms with Gasteiger partial charge in [0.05, 0.1) is 4.92 Å². The number of nitro benzene ring substituents is 1. The fraction of sp³-hybridized carbons (Fsp3) is 0.538. The van der Waals surface area contributed by atoms with Crippen molar-refractivity contribution in [3.63, 3.8) is 0 Å². The molecule has 1 aliphatic carbocycles. The third-order valence-electron chi connectivity index (χ3n) is 3.94. The molecule has 1 aromatic carbocycles. The van der Waals surface area contributed by atoms with Gasteiger partial charge in [0.15, 0.2) is 0 Å². The van der Waals surface area contributed by atoms with Crippen molar-refractivity contribution in [2.75, 3.05) is 26.0 Å². The van der Waals surface area contributed by atoms with Crippen molar-refractivity contribution in [3.8, 4) is 0 Å². The quantitative estimate of drug-likeness (QED) is 0.643. The Hall–Kier alpha value is -1.62. The van der Waals surface area contributed by atoms with E-state index in [9.17, 15) is 10.1 Å². The summed E-state index contributed by atoms with van der Waals surface area (Å²) >= 11 is 0. The molecule has 5 heteroatoms. The lowest BCUT2D eigenvalue weighted by atomic mass is 9.75. The SMILES string of the molecule is CN(C)C1(CNc2ccccc2[N+](=O)[O-])CCC1. The summed E-state index contributed by atoms with van der Waals surface area (Å²) in [6, 6.07) is 6.80. The van der Waals surface area contributed by atoms with E-state index in [0.29, 0.717) is 5.69 Å². The first-order valence-electron chi connectivity index (χ1n) is 6.20. The highest BCUT2D eigenvalue weighted by atomic mass is 16.6. The Balaban J connectivity index is 2.08. The second-order valence-electron chi connectivity index (χ2n) is 5.10. The maximum Gasteiger partial charge on any atom is 0.292 e. The zero-order valence-corrected chi connectivity index (χ0v) is 10.8. The van der Waals surface area contributed by atoms with E-state index in [2.05, 4.69) is 24.3 Å². The van der Waals surface area contributed by atoms with Crippen molar-refractivity contribution < 1.29 is 4.92 Å². The summed E-state index contributed by atoms with van der Waals surface area (Å²) in [6.07, 6.45) is 3.53. The highest BCUT2D eigenvalue weighted by Crippen LogP contribution is 2.36. The molecule has 1 N–H and O–H groups in total. The minimum Gasteiger partial charge on any atom is -0.378 e. The molecule has 0 radical (unpaired) electrons. The van der Waals surface area contributed by atoms with E-state index in [1.54, 1.807) is 12.1 Å². The van der Waals surface area contributed by atoms with E-state index < -0.39 is 0 Å². The first kappa shape index (κ1) is 12.8. The molecule has 0 saturated heterocycles. The van der Waals surface area contributed by atoms with Gasteiger partial charge in [-0.3, -0.25) is 10.1 Å². The topological polar surface area (TPSA) is 58.4 Å². The Morgan fingerprint density at radius 3 is 2.56 bits per heavy atom. The number of hydrogen-bond donors (Lipinski definition) is 1. The molecule has 0 aromatic heterocycles. The van der Waals surface area contributed by atoms with Gasteiger partial charge < -0.3 is 10.2 Å². The van der Waals surface area contributed by atoms with Gasteiger partial charge >= 0.3 is 0 Å². The molecular formula is C13H19N3O2. The molecule has 1 aliphatic rings. The second kappa shape index (κ2) is 4.94. The van der Waals surface area contributed by atoms with Gasteiger partial charge in [-0.1, -0.05) is 12.1 Å². The monoisotopic (exact) mass is 249 g/mol. The summed E-state index contributed by atoms with van der Waals surface area (Å²) in [5.74, 6) is 0. The normalized spacial score (nSPS) is 17.3. The third-order valence-corrected chi connectivity index (χ3v) is 3.94. The molecule has 5 nitrogen and oxygen atoms in total. The molecule has 98 valence electrons. The van der Waals surface area contributed by atoms with Crippen molar-refractivity contribution in [1.29, 1.82) is 0 Å². The van der Waals surface area contributed by atoms with Crippen molar-refractivity contribution in [2.24, 2.45) is 0 Å². The number of para-hydroxylation sites is 2. The molecule has 0 bridgehead atoms. The van der Waals surface area contributed by atoms with Crippen LogP contribution in [0.5, 0.6) is 0 Å². The number of nitrogens with zero attached hydrogens (tertiary/aromatic N) is 2. The second-order valence-corrected chi connectivity index (χ2v) is 5.10. The highest BCUT2D eigenvalue weighted by Gasteiger charge is 2.39. The van der Waals surface area contributed by atoms with Crippen LogP contribution in [0.1, 0.15) is 19.3 Å². The van der Waals surface area contributed by atoms with Crippen LogP contribution >= 0.6 is 0 Å². The van der Waals surface area contributed by atoms with Gasteiger partial charge in [0.2, 0.25) is 0 Å². The average molecular weight is 249 g/mol. The van der Waals surface area contributed by atoms with Gasteiger partial charge in [0.1, 0.15) is 5.69 Å². The van der Waals surface area contributed by atoms with Crippen LogP contribution in [-0.2, 0) is 0 Å². The van der Waals surface area contributed by atoms with Gasteiger partial charge in [0.25, 0.3) is 5.69 Å². The van der Waals surface area contributed by atoms with Crippen molar-refractivity contribution in [3.05, 3.63) is 34.4 Å². The van der Waals surface area contributed by atoms with E-state index in [0.717, 1.165) is 19.4 Å². The summed E-state index contributed by atoms with van der Waals surface area (Å²) in [5, 5.41) is 14.2. The molecule has 0 atom stereocenters. The lowest BCUT2D eigenvalue weighted by Gasteiger charge is -2.47. The molecule has 1 saturated carbocycles. The molecular weight excluding hydrogens is 230 g/mol. The maximum absolute atomic E-state index is 10.9. The molecule has 0 unspecified atom stereocenters. The number of hydrogen-bond acceptors (Lipinski definition) is 4. The molecule has 2 rings (SSSR count). The third kappa shape index (κ3) is 2.31. The summed E-state index contributed by atoms with van der Waals surface area (Å²) in [7, 11) is 4.14. The number of nitrogens with one attached hydrogen (secondary N) is 1. The minimum atomic E-state index is -0.342. The molecule has 0 amide bonds. The zero-order valence-electron chi connectivity index (χ0n) is 10.8. The van der Waals surface area contributed by atoms with Crippen LogP contribution in [-0.4, -0.2) is 36.0 Å². The summed E-state index contributed by atoms with van der Waals surface area (Å²) in [6.45, 7) is 0.755. The Morgan fingerprint density at radius 2 is 2.06 bits per heavy atom. The lowest BCUT2D eigenvalue weighted by Crippen LogP contribution is -2.54. The van der Waals surface area contributed by atoms with Crippen LogP contribution in [0.4, 0.5) is 11.4 Å². The Labute approximate surface area is 107 Å². The number of rotatable bonds is 5. The van der Waals surface area contributed by atoms with Crippen LogP contribution in [0.15, 0.2) is 24.3 Å². The van der Waals surface area contributed by atoms with Crippen LogP contribution in [0.2, 0.25) is 0 Å². The molecule has 1 aromatic rings. The average Bonchev–Trinajstić information content (AvgIpc) is 2.27. The smallest absolute Gasteiger partial charge is 0.292 e. The predicted octanol–water partition coefficient (Wildman–Crippen LogP) is 2.49. The van der Waals surface area contributed by atoms with Gasteiger partial charge in [-0.15, -0.1) is 0 Å². The van der Waals surface area contributed by atoms with E-state index in [1.807, 2.05) is 6.07 Å². The Bertz CT molecular complexity index is 442. The lowest BCUT2D eigenvalue weighted by molar-refractivity contribution is -0.384. The largest absolute Gasteiger partial charge is 0.378 e. The number of anilines is 1. The van der Waals surface area contributed by atoms with Gasteiger partial charge in [-0.05, 0) is 39.4 Å². The Kier molecular flexibility index (Phi) is 3.52. The number of nitro groups is 1. The van der Waals surface area contributed by atoms with Gasteiger partial charge in [0, 0.05) is 18.2 Å². The van der Waals surface area contributed by atoms with Gasteiger partial charge in [-0.25, -0.2) is 0 Å². The van der Waals surface area contributed by atoms with Crippen LogP contribution < -0.4 is 5.32 Å². The molecule has 0 spiro atoms. The number of benzene rings is 1. The molecule has 0 heterocycles. The van der Waals surface area contributed by atoms with Crippen molar-refractivity contribution in [1.82, 2.24) is 4.90 Å². The van der Waals surface area contributed by atoms with Crippen molar-refractivity contribution >= 4 is 11.4 Å². The van der Waals surface area contributed by atoms with Gasteiger partial charge in [-0.2, -0.15) is 0 Å². The van der Waals surface area contributed by atoms with Crippen molar-refractivity contribution in [2.45, 2.75) is 24.8 Å². The van der Waals surface area contributed by atoms with E-state index in [1.165, 1.54) is 12.5 Å². The zero-order chi connectivity index (χ0) is 13.2. The Morgan fingerprint density at radius 1 is 1.39 bits per heavy atom. The van der Waals surface area contributed by atoms with Crippen LogP contribution in [0.25, 0.3) is 0 Å². The minimum absolute atomic E-state index is 0.144. The summed E-state index contributed by atoms with van der Waals surface area (Å²) < 4.78 is 0. The molecule has 18 heavy (non-hydrogen) atoms. The first-order chi connectivity index (χ1) is 8.55. The predicted molar refractivity (Wildman–Crippen MR) is 71.9 cm³/mol. The fourth-order valence-electron chi connectivity index (χ4n) is 2.41. The van der Waals surface area contributed by atoms with Crippen LogP contribution in [0.3, 0.4) is 0 Å². The first-order valence-corrected chi connectivity index (χ1v) is 6.20. The van der Waals surface area contributed by atoms with E-state index in [4.69, 9.17) is 0 Å². The fourth-order valence-corrected chi connectivity index (χ4v) is 2.41. The van der Waals surface area contributed by atoms with E-state index in [-0.39, 0.29) is 16.1 Å². The molecule has 1 fully saturated rings. The summed E-state index contributed by atoms with van der Waals surface area (Å²) in [5.41, 5.74) is 0.908. The number of likely N-dealkylation sites (N-methyl/N-ethyl adjacent to an activating group) is 1. The molecule has 0 aliphatic heterocycles. The maximum atomic E-state index is 10.9. The van der Waals surface area contributed by atoms with E-state index >= 15 is 0 Å². The summed E-state index contributed by atoms with van der Waals surface area (Å²) in [4.78, 5) is 12.8. The standard InChI is InChI=1S/C13H19N3O2/c1-15(2)13(8-5-9-13)10-14-11-6-3-4-7-12(11)16(17)18/h3-4,6-7,14H,5,8-10H2,1-2H3. The highest BCUT2D eigenvalue weighted by molar-refractivity contribution is 5.61. The van der Waals surface area contributed by atoms with Crippen LogP contribution in [0, 0.1) is 10.1 Å².